The second-order valence-corrected chi connectivity index (χ2v) is 6.52. The highest BCUT2D eigenvalue weighted by Gasteiger charge is 2.19. The van der Waals surface area contributed by atoms with Crippen LogP contribution in [0.15, 0.2) is 28.9 Å². The molecular formula is C14H16BrFN2S. The smallest absolute Gasteiger partial charge is 0.128 e. The molecule has 5 heteroatoms. The number of rotatable bonds is 5. The predicted octanol–water partition coefficient (Wildman–Crippen LogP) is 4.44. The fourth-order valence-electron chi connectivity index (χ4n) is 1.90. The number of nitrogens with zero attached hydrogens (tertiary/aromatic N) is 1. The number of hydrogen-bond acceptors (Lipinski definition) is 3. The first-order chi connectivity index (χ1) is 9.11. The second-order valence-electron chi connectivity index (χ2n) is 4.33. The molecule has 2 rings (SSSR count). The van der Waals surface area contributed by atoms with E-state index in [0.29, 0.717) is 5.56 Å². The van der Waals surface area contributed by atoms with Gasteiger partial charge in [0.25, 0.3) is 0 Å². The normalized spacial score (nSPS) is 12.6. The maximum atomic E-state index is 14.1. The van der Waals surface area contributed by atoms with Crippen LogP contribution >= 0.6 is 27.3 Å². The lowest BCUT2D eigenvalue weighted by Gasteiger charge is -2.18. The lowest BCUT2D eigenvalue weighted by Crippen LogP contribution is -2.23. The third-order valence-corrected chi connectivity index (χ3v) is 4.26. The van der Waals surface area contributed by atoms with E-state index in [-0.39, 0.29) is 11.9 Å². The average Bonchev–Trinajstić information content (AvgIpc) is 2.80. The molecule has 0 saturated heterocycles. The van der Waals surface area contributed by atoms with E-state index in [4.69, 9.17) is 0 Å². The molecular weight excluding hydrogens is 327 g/mol. The molecule has 102 valence electrons. The fourth-order valence-corrected chi connectivity index (χ4v) is 3.16. The van der Waals surface area contributed by atoms with Gasteiger partial charge in [0.15, 0.2) is 0 Å². The maximum absolute atomic E-state index is 14.1. The molecule has 0 radical (unpaired) electrons. The van der Waals surface area contributed by atoms with Crippen LogP contribution in [0, 0.1) is 12.7 Å². The summed E-state index contributed by atoms with van der Waals surface area (Å²) >= 11 is 5.00. The van der Waals surface area contributed by atoms with Crippen molar-refractivity contribution in [2.24, 2.45) is 0 Å². The van der Waals surface area contributed by atoms with E-state index in [1.807, 2.05) is 19.2 Å². The lowest BCUT2D eigenvalue weighted by molar-refractivity contribution is 0.550. The van der Waals surface area contributed by atoms with Crippen molar-refractivity contribution in [3.05, 3.63) is 50.1 Å². The van der Waals surface area contributed by atoms with Gasteiger partial charge in [-0.2, -0.15) is 0 Å². The number of thiazole rings is 1. The molecule has 0 aliphatic rings. The van der Waals surface area contributed by atoms with E-state index < -0.39 is 0 Å². The van der Waals surface area contributed by atoms with Crippen molar-refractivity contribution >= 4 is 27.3 Å². The Labute approximate surface area is 125 Å². The van der Waals surface area contributed by atoms with E-state index in [2.05, 4.69) is 33.2 Å². The van der Waals surface area contributed by atoms with Crippen LogP contribution in [0.5, 0.6) is 0 Å². The van der Waals surface area contributed by atoms with E-state index >= 15 is 0 Å². The number of hydrogen-bond donors (Lipinski definition) is 1. The predicted molar refractivity (Wildman–Crippen MR) is 81.1 cm³/mol. The number of aromatic nitrogens is 1. The van der Waals surface area contributed by atoms with Crippen molar-refractivity contribution in [1.29, 1.82) is 0 Å². The molecule has 1 heterocycles. The fraction of sp³-hybridized carbons (Fsp3) is 0.357. The lowest BCUT2D eigenvalue weighted by atomic mass is 10.1. The number of benzene rings is 1. The SMILES string of the molecule is CCCNC(c1cnc(C)s1)c1cc(Br)ccc1F. The van der Waals surface area contributed by atoms with Crippen LogP contribution in [-0.4, -0.2) is 11.5 Å². The Balaban J connectivity index is 2.39. The Hall–Kier alpha value is -0.780. The minimum absolute atomic E-state index is 0.136. The first kappa shape index (κ1) is 14.6. The summed E-state index contributed by atoms with van der Waals surface area (Å²) in [5, 5.41) is 4.39. The zero-order valence-corrected chi connectivity index (χ0v) is 13.3. The third kappa shape index (κ3) is 3.61. The Morgan fingerprint density at radius 2 is 2.26 bits per heavy atom. The number of halogens is 2. The molecule has 1 aromatic heterocycles. The minimum Gasteiger partial charge on any atom is -0.305 e. The van der Waals surface area contributed by atoms with Crippen molar-refractivity contribution in [3.8, 4) is 0 Å². The highest BCUT2D eigenvalue weighted by molar-refractivity contribution is 9.10. The Kier molecular flexibility index (Phi) is 5.07. The molecule has 0 fully saturated rings. The molecule has 1 unspecified atom stereocenters. The minimum atomic E-state index is -0.192. The van der Waals surface area contributed by atoms with Gasteiger partial charge in [-0.25, -0.2) is 9.37 Å². The Morgan fingerprint density at radius 3 is 2.89 bits per heavy atom. The largest absolute Gasteiger partial charge is 0.305 e. The third-order valence-electron chi connectivity index (χ3n) is 2.79. The van der Waals surface area contributed by atoms with Gasteiger partial charge in [-0.05, 0) is 38.1 Å². The van der Waals surface area contributed by atoms with Gasteiger partial charge in [0.05, 0.1) is 11.0 Å². The molecule has 0 spiro atoms. The first-order valence-electron chi connectivity index (χ1n) is 6.22. The topological polar surface area (TPSA) is 24.9 Å². The van der Waals surface area contributed by atoms with Crippen molar-refractivity contribution in [3.63, 3.8) is 0 Å². The molecule has 0 bridgehead atoms. The number of aryl methyl sites for hydroxylation is 1. The van der Waals surface area contributed by atoms with E-state index in [9.17, 15) is 4.39 Å². The monoisotopic (exact) mass is 342 g/mol. The summed E-state index contributed by atoms with van der Waals surface area (Å²) in [5.74, 6) is -0.192. The van der Waals surface area contributed by atoms with Gasteiger partial charge >= 0.3 is 0 Å². The summed E-state index contributed by atoms with van der Waals surface area (Å²) < 4.78 is 14.9. The van der Waals surface area contributed by atoms with E-state index in [1.165, 1.54) is 6.07 Å². The van der Waals surface area contributed by atoms with Gasteiger partial charge < -0.3 is 5.32 Å². The molecule has 0 saturated carbocycles. The highest BCUT2D eigenvalue weighted by atomic mass is 79.9. The zero-order valence-electron chi connectivity index (χ0n) is 10.9. The van der Waals surface area contributed by atoms with Gasteiger partial charge in [-0.3, -0.25) is 0 Å². The van der Waals surface area contributed by atoms with Crippen LogP contribution in [0.4, 0.5) is 4.39 Å². The van der Waals surface area contributed by atoms with Crippen molar-refractivity contribution in [2.45, 2.75) is 26.3 Å². The summed E-state index contributed by atoms with van der Waals surface area (Å²) in [6.45, 7) is 4.90. The quantitative estimate of drug-likeness (QED) is 0.868. The van der Waals surface area contributed by atoms with E-state index in [1.54, 1.807) is 17.4 Å². The highest BCUT2D eigenvalue weighted by Crippen LogP contribution is 2.30. The standard InChI is InChI=1S/C14H16BrFN2S/c1-3-6-17-14(13-8-18-9(2)19-13)11-7-10(15)4-5-12(11)16/h4-5,7-8,14,17H,3,6H2,1-2H3. The van der Waals surface area contributed by atoms with Gasteiger partial charge in [-0.15, -0.1) is 11.3 Å². The Morgan fingerprint density at radius 1 is 1.47 bits per heavy atom. The average molecular weight is 343 g/mol. The zero-order chi connectivity index (χ0) is 13.8. The van der Waals surface area contributed by atoms with Crippen LogP contribution in [0.25, 0.3) is 0 Å². The number of nitrogens with one attached hydrogen (secondary N) is 1. The summed E-state index contributed by atoms with van der Waals surface area (Å²) in [6, 6.07) is 4.91. The molecule has 19 heavy (non-hydrogen) atoms. The summed E-state index contributed by atoms with van der Waals surface area (Å²) in [6.07, 6.45) is 2.83. The molecule has 0 aliphatic heterocycles. The van der Waals surface area contributed by atoms with Crippen LogP contribution < -0.4 is 5.32 Å². The molecule has 1 atom stereocenters. The molecule has 1 aromatic carbocycles. The van der Waals surface area contributed by atoms with Gasteiger partial charge in [0, 0.05) is 21.1 Å². The van der Waals surface area contributed by atoms with Crippen molar-refractivity contribution in [2.75, 3.05) is 6.54 Å². The molecule has 0 aliphatic carbocycles. The van der Waals surface area contributed by atoms with Gasteiger partial charge in [-0.1, -0.05) is 22.9 Å². The van der Waals surface area contributed by atoms with Crippen LogP contribution in [0.1, 0.15) is 34.8 Å². The second kappa shape index (κ2) is 6.59. The molecule has 0 amide bonds. The molecule has 2 nitrogen and oxygen atoms in total. The van der Waals surface area contributed by atoms with E-state index in [0.717, 1.165) is 27.3 Å². The van der Waals surface area contributed by atoms with Crippen LogP contribution in [0.3, 0.4) is 0 Å². The maximum Gasteiger partial charge on any atom is 0.128 e. The summed E-state index contributed by atoms with van der Waals surface area (Å²) in [5.41, 5.74) is 0.659. The first-order valence-corrected chi connectivity index (χ1v) is 7.83. The van der Waals surface area contributed by atoms with Gasteiger partial charge in [0.1, 0.15) is 5.82 Å². The molecule has 1 N–H and O–H groups in total. The molecule has 2 aromatic rings. The Bertz CT molecular complexity index is 556. The van der Waals surface area contributed by atoms with Crippen molar-refractivity contribution in [1.82, 2.24) is 10.3 Å². The van der Waals surface area contributed by atoms with Gasteiger partial charge in [0.2, 0.25) is 0 Å². The van der Waals surface area contributed by atoms with Crippen LogP contribution in [0.2, 0.25) is 0 Å². The summed E-state index contributed by atoms with van der Waals surface area (Å²) in [4.78, 5) is 5.31. The summed E-state index contributed by atoms with van der Waals surface area (Å²) in [7, 11) is 0. The van der Waals surface area contributed by atoms with Crippen LogP contribution in [-0.2, 0) is 0 Å². The van der Waals surface area contributed by atoms with Crippen molar-refractivity contribution < 1.29 is 4.39 Å².